The molecule has 0 saturated heterocycles. The summed E-state index contributed by atoms with van der Waals surface area (Å²) in [7, 11) is -3.95. The van der Waals surface area contributed by atoms with Crippen molar-refractivity contribution >= 4 is 10.1 Å². The average molecular weight is 440 g/mol. The fourth-order valence-corrected chi connectivity index (χ4v) is 4.83. The molecule has 0 atom stereocenters. The van der Waals surface area contributed by atoms with Crippen LogP contribution < -0.4 is 0 Å². The summed E-state index contributed by atoms with van der Waals surface area (Å²) in [4.78, 5) is 13.6. The Morgan fingerprint density at radius 2 is 0.968 bits per heavy atom. The van der Waals surface area contributed by atoms with E-state index >= 15 is 0 Å². The van der Waals surface area contributed by atoms with Gasteiger partial charge in [-0.25, -0.2) is 8.42 Å². The summed E-state index contributed by atoms with van der Waals surface area (Å²) in [6.45, 7) is 4.12. The molecule has 0 aliphatic heterocycles. The molecule has 7 nitrogen and oxygen atoms in total. The van der Waals surface area contributed by atoms with E-state index < -0.39 is 15.4 Å². The monoisotopic (exact) mass is 439 g/mol. The van der Waals surface area contributed by atoms with Gasteiger partial charge in [0.15, 0.2) is 0 Å². The zero-order chi connectivity index (χ0) is 22.0. The molecule has 4 N–H and O–H groups in total. The number of hydrogen-bond acceptors (Lipinski definition) is 3. The molecular formula is C23H27N4O3S-. The number of aromatic nitrogens is 4. The van der Waals surface area contributed by atoms with Crippen LogP contribution in [0.5, 0.6) is 0 Å². The minimum atomic E-state index is -3.95. The van der Waals surface area contributed by atoms with Crippen LogP contribution in [-0.2, 0) is 10.1 Å². The summed E-state index contributed by atoms with van der Waals surface area (Å²) < 4.78 is 30.8. The Kier molecular flexibility index (Phi) is 5.93. The molecule has 1 saturated carbocycles. The maximum atomic E-state index is 10.3. The number of hydrogen-bond donors (Lipinski definition) is 4. The van der Waals surface area contributed by atoms with E-state index in [0.717, 1.165) is 58.4 Å². The lowest BCUT2D eigenvalue weighted by atomic mass is 10.3. The third-order valence-corrected chi connectivity index (χ3v) is 6.90. The van der Waals surface area contributed by atoms with Crippen LogP contribution in [0.2, 0.25) is 0 Å². The summed E-state index contributed by atoms with van der Waals surface area (Å²) in [6.07, 6.45) is 2.94. The lowest BCUT2D eigenvalue weighted by Gasteiger charge is -2.12. The third kappa shape index (κ3) is 5.03. The number of rotatable bonds is 4. The van der Waals surface area contributed by atoms with E-state index in [4.69, 9.17) is 0 Å². The second-order valence-corrected chi connectivity index (χ2v) is 9.73. The molecule has 31 heavy (non-hydrogen) atoms. The van der Waals surface area contributed by atoms with Gasteiger partial charge in [0.2, 0.25) is 0 Å². The highest BCUT2D eigenvalue weighted by atomic mass is 32.2. The first kappa shape index (κ1) is 21.3. The molecule has 5 rings (SSSR count). The molecule has 1 aliphatic carbocycles. The van der Waals surface area contributed by atoms with Crippen LogP contribution in [0.4, 0.5) is 0 Å². The van der Waals surface area contributed by atoms with E-state index in [-0.39, 0.29) is 0 Å². The molecule has 8 heteroatoms. The van der Waals surface area contributed by atoms with Gasteiger partial charge in [-0.2, -0.15) is 0 Å². The van der Waals surface area contributed by atoms with Gasteiger partial charge in [0, 0.05) is 16.6 Å². The van der Waals surface area contributed by atoms with Crippen molar-refractivity contribution in [2.75, 3.05) is 0 Å². The number of H-pyrrole nitrogens is 4. The number of aromatic amines is 4. The van der Waals surface area contributed by atoms with E-state index in [9.17, 15) is 13.0 Å². The van der Waals surface area contributed by atoms with Crippen LogP contribution in [0, 0.1) is 13.8 Å². The van der Waals surface area contributed by atoms with Gasteiger partial charge in [-0.1, -0.05) is 12.8 Å². The Morgan fingerprint density at radius 1 is 0.645 bits per heavy atom. The molecule has 0 amide bonds. The zero-order valence-electron chi connectivity index (χ0n) is 17.7. The molecule has 1 fully saturated rings. The van der Waals surface area contributed by atoms with Gasteiger partial charge in [-0.05, 0) is 75.2 Å². The first-order valence-electron chi connectivity index (χ1n) is 10.4. The molecule has 1 aliphatic rings. The van der Waals surface area contributed by atoms with Gasteiger partial charge in [0.25, 0.3) is 0 Å². The first-order valence-corrected chi connectivity index (χ1v) is 11.9. The summed E-state index contributed by atoms with van der Waals surface area (Å²) in [6, 6.07) is 16.7. The Labute approximate surface area is 182 Å². The van der Waals surface area contributed by atoms with Crippen LogP contribution in [0.15, 0.2) is 48.5 Å². The largest absolute Gasteiger partial charge is 0.748 e. The van der Waals surface area contributed by atoms with Gasteiger partial charge in [0.05, 0.1) is 44.3 Å². The predicted octanol–water partition coefficient (Wildman–Crippen LogP) is 5.09. The summed E-state index contributed by atoms with van der Waals surface area (Å²) in [5.41, 5.74) is 8.88. The molecular weight excluding hydrogens is 412 g/mol. The minimum Gasteiger partial charge on any atom is -0.748 e. The zero-order valence-corrected chi connectivity index (χ0v) is 18.5. The number of nitrogens with one attached hydrogen (secondary N) is 4. The van der Waals surface area contributed by atoms with Crippen molar-refractivity contribution in [3.05, 3.63) is 59.9 Å². The minimum absolute atomic E-state index is 0.572. The first-order chi connectivity index (χ1) is 14.8. The van der Waals surface area contributed by atoms with Crippen molar-refractivity contribution in [1.82, 2.24) is 19.9 Å². The topological polar surface area (TPSA) is 120 Å². The Hall–Kier alpha value is -2.97. The highest BCUT2D eigenvalue weighted by Gasteiger charge is 2.20. The standard InChI is InChI=1S/C18H18N4.C5H10O3S/c1-11-3-5-13(19-11)15-7-9-17(21-15)18-10-8-16(22-18)14-6-4-12(2)20-14;6-9(7,8)5-3-1-2-4-5/h3-10,19-22H,1-2H3;5H,1-4H2,(H,6,7,8)/p-1. The van der Waals surface area contributed by atoms with Crippen LogP contribution >= 0.6 is 0 Å². The SMILES string of the molecule is Cc1ccc(-c2ccc(-c3ccc(-c4ccc(C)[nH]4)[nH]3)[nH]2)[nH]1.O=S(=O)([O-])C1CCCC1. The summed E-state index contributed by atoms with van der Waals surface area (Å²) >= 11 is 0. The van der Waals surface area contributed by atoms with Crippen molar-refractivity contribution in [2.45, 2.75) is 44.8 Å². The fraction of sp³-hybridized carbons (Fsp3) is 0.304. The predicted molar refractivity (Wildman–Crippen MR) is 122 cm³/mol. The van der Waals surface area contributed by atoms with E-state index in [2.05, 4.69) is 82.3 Å². The van der Waals surface area contributed by atoms with Gasteiger partial charge in [0.1, 0.15) is 0 Å². The summed E-state index contributed by atoms with van der Waals surface area (Å²) in [5.74, 6) is 0. The summed E-state index contributed by atoms with van der Waals surface area (Å²) in [5, 5.41) is -0.572. The second kappa shape index (κ2) is 8.64. The van der Waals surface area contributed by atoms with Crippen LogP contribution in [0.1, 0.15) is 37.1 Å². The van der Waals surface area contributed by atoms with Gasteiger partial charge in [-0.3, -0.25) is 0 Å². The molecule has 4 heterocycles. The maximum absolute atomic E-state index is 10.3. The van der Waals surface area contributed by atoms with Crippen LogP contribution in [0.25, 0.3) is 34.2 Å². The van der Waals surface area contributed by atoms with E-state index in [0.29, 0.717) is 12.8 Å². The van der Waals surface area contributed by atoms with Gasteiger partial charge < -0.3 is 24.5 Å². The Balaban J connectivity index is 0.000000217. The number of aryl methyl sites for hydroxylation is 2. The quantitative estimate of drug-likeness (QED) is 0.331. The normalized spacial score (nSPS) is 14.5. The highest BCUT2D eigenvalue weighted by molar-refractivity contribution is 7.86. The van der Waals surface area contributed by atoms with E-state index in [1.165, 1.54) is 0 Å². The molecule has 0 spiro atoms. The lowest BCUT2D eigenvalue weighted by Crippen LogP contribution is -2.15. The van der Waals surface area contributed by atoms with Crippen molar-refractivity contribution in [3.8, 4) is 34.2 Å². The van der Waals surface area contributed by atoms with Crippen molar-refractivity contribution in [2.24, 2.45) is 0 Å². The van der Waals surface area contributed by atoms with Gasteiger partial charge in [-0.15, -0.1) is 0 Å². The maximum Gasteiger partial charge on any atom is 0.0975 e. The van der Waals surface area contributed by atoms with Crippen LogP contribution in [-0.4, -0.2) is 38.2 Å². The molecule has 0 aromatic carbocycles. The molecule has 164 valence electrons. The van der Waals surface area contributed by atoms with Gasteiger partial charge >= 0.3 is 0 Å². The lowest BCUT2D eigenvalue weighted by molar-refractivity contribution is 0.448. The molecule has 4 aromatic heterocycles. The van der Waals surface area contributed by atoms with Crippen molar-refractivity contribution in [1.29, 1.82) is 0 Å². The Bertz CT molecular complexity index is 1180. The molecule has 4 aromatic rings. The highest BCUT2D eigenvalue weighted by Crippen LogP contribution is 2.26. The second-order valence-electron chi connectivity index (χ2n) is 8.08. The fourth-order valence-electron chi connectivity index (χ4n) is 3.92. The van der Waals surface area contributed by atoms with Crippen LogP contribution in [0.3, 0.4) is 0 Å². The molecule has 0 bridgehead atoms. The Morgan fingerprint density at radius 3 is 1.23 bits per heavy atom. The molecule has 0 radical (unpaired) electrons. The molecule has 0 unspecified atom stereocenters. The van der Waals surface area contributed by atoms with Crippen molar-refractivity contribution < 1.29 is 13.0 Å². The van der Waals surface area contributed by atoms with E-state index in [1.807, 2.05) is 0 Å². The average Bonchev–Trinajstić information content (AvgIpc) is 3.50. The smallest absolute Gasteiger partial charge is 0.0975 e. The van der Waals surface area contributed by atoms with E-state index in [1.54, 1.807) is 0 Å². The third-order valence-electron chi connectivity index (χ3n) is 5.62. The van der Waals surface area contributed by atoms with Crippen molar-refractivity contribution in [3.63, 3.8) is 0 Å².